The Labute approximate surface area is 93.8 Å². The summed E-state index contributed by atoms with van der Waals surface area (Å²) >= 11 is 4.54. The summed E-state index contributed by atoms with van der Waals surface area (Å²) in [7, 11) is 0. The largest absolute Gasteiger partial charge is 0.375 e. The fourth-order valence-electron chi connectivity index (χ4n) is 1.10. The number of aryl methyl sites for hydroxylation is 1. The summed E-state index contributed by atoms with van der Waals surface area (Å²) in [6, 6.07) is 9.79. The van der Waals surface area contributed by atoms with E-state index in [2.05, 4.69) is 23.1 Å². The number of carbonyl (C=O) groups is 1. The van der Waals surface area contributed by atoms with Crippen LogP contribution in [-0.2, 0) is 11.2 Å². The van der Waals surface area contributed by atoms with Crippen LogP contribution in [0, 0.1) is 0 Å². The second kappa shape index (κ2) is 5.98. The SMILES string of the molecule is NC(=S)NNC(=O)CCc1ccccc1. The molecule has 4 N–H and O–H groups in total. The molecule has 0 aliphatic heterocycles. The number of rotatable bonds is 3. The normalized spacial score (nSPS) is 9.33. The Bertz CT molecular complexity index is 340. The molecule has 0 atom stereocenters. The van der Waals surface area contributed by atoms with E-state index in [0.717, 1.165) is 5.56 Å². The van der Waals surface area contributed by atoms with Gasteiger partial charge in [-0.05, 0) is 24.2 Å². The lowest BCUT2D eigenvalue weighted by molar-refractivity contribution is -0.121. The molecule has 0 radical (unpaired) electrons. The number of hydrogen-bond acceptors (Lipinski definition) is 2. The van der Waals surface area contributed by atoms with Crippen molar-refractivity contribution in [3.8, 4) is 0 Å². The molecular weight excluding hydrogens is 210 g/mol. The number of hydrogen-bond donors (Lipinski definition) is 3. The first-order valence-electron chi connectivity index (χ1n) is 4.56. The fourth-order valence-corrected chi connectivity index (χ4v) is 1.15. The second-order valence-electron chi connectivity index (χ2n) is 3.02. The van der Waals surface area contributed by atoms with Crippen molar-refractivity contribution in [3.05, 3.63) is 35.9 Å². The number of hydrazine groups is 1. The predicted molar refractivity (Wildman–Crippen MR) is 62.8 cm³/mol. The number of nitrogens with one attached hydrogen (secondary N) is 2. The molecular formula is C10H13N3OS. The summed E-state index contributed by atoms with van der Waals surface area (Å²) in [6.07, 6.45) is 1.10. The molecule has 4 nitrogen and oxygen atoms in total. The number of benzene rings is 1. The lowest BCUT2D eigenvalue weighted by Crippen LogP contribution is -2.44. The lowest BCUT2D eigenvalue weighted by Gasteiger charge is -2.05. The lowest BCUT2D eigenvalue weighted by atomic mass is 10.1. The molecule has 0 aliphatic rings. The highest BCUT2D eigenvalue weighted by Gasteiger charge is 2.00. The van der Waals surface area contributed by atoms with E-state index in [9.17, 15) is 4.79 Å². The van der Waals surface area contributed by atoms with Gasteiger partial charge in [-0.25, -0.2) is 0 Å². The van der Waals surface area contributed by atoms with E-state index in [1.807, 2.05) is 30.3 Å². The summed E-state index contributed by atoms with van der Waals surface area (Å²) in [6.45, 7) is 0. The van der Waals surface area contributed by atoms with Crippen molar-refractivity contribution in [2.45, 2.75) is 12.8 Å². The van der Waals surface area contributed by atoms with Gasteiger partial charge in [0.25, 0.3) is 0 Å². The third-order valence-corrected chi connectivity index (χ3v) is 1.91. The zero-order chi connectivity index (χ0) is 11.1. The molecule has 0 saturated carbocycles. The first-order chi connectivity index (χ1) is 7.18. The number of nitrogens with two attached hydrogens (primary N) is 1. The molecule has 1 rings (SSSR count). The first kappa shape index (κ1) is 11.5. The van der Waals surface area contributed by atoms with Crippen LogP contribution in [0.5, 0.6) is 0 Å². The van der Waals surface area contributed by atoms with E-state index in [0.29, 0.717) is 12.8 Å². The molecule has 0 fully saturated rings. The molecule has 1 aromatic rings. The van der Waals surface area contributed by atoms with Crippen LogP contribution in [0.1, 0.15) is 12.0 Å². The van der Waals surface area contributed by atoms with E-state index < -0.39 is 0 Å². The van der Waals surface area contributed by atoms with Crippen LogP contribution in [0.15, 0.2) is 30.3 Å². The minimum Gasteiger partial charge on any atom is -0.375 e. The minimum atomic E-state index is -0.133. The number of carbonyl (C=O) groups excluding carboxylic acids is 1. The first-order valence-corrected chi connectivity index (χ1v) is 4.97. The van der Waals surface area contributed by atoms with Crippen LogP contribution in [-0.4, -0.2) is 11.0 Å². The van der Waals surface area contributed by atoms with Crippen molar-refractivity contribution in [1.82, 2.24) is 10.9 Å². The maximum absolute atomic E-state index is 11.2. The highest BCUT2D eigenvalue weighted by molar-refractivity contribution is 7.80. The molecule has 0 bridgehead atoms. The van der Waals surface area contributed by atoms with Gasteiger partial charge in [0.1, 0.15) is 0 Å². The van der Waals surface area contributed by atoms with Crippen LogP contribution in [0.4, 0.5) is 0 Å². The molecule has 0 heterocycles. The Morgan fingerprint density at radius 2 is 1.93 bits per heavy atom. The Morgan fingerprint density at radius 1 is 1.27 bits per heavy atom. The molecule has 0 aliphatic carbocycles. The van der Waals surface area contributed by atoms with Gasteiger partial charge in [-0.1, -0.05) is 30.3 Å². The van der Waals surface area contributed by atoms with Crippen LogP contribution >= 0.6 is 12.2 Å². The van der Waals surface area contributed by atoms with Crippen LogP contribution in [0.2, 0.25) is 0 Å². The molecule has 15 heavy (non-hydrogen) atoms. The van der Waals surface area contributed by atoms with Gasteiger partial charge in [-0.15, -0.1) is 0 Å². The van der Waals surface area contributed by atoms with Crippen molar-refractivity contribution >= 4 is 23.2 Å². The maximum atomic E-state index is 11.2. The smallest absolute Gasteiger partial charge is 0.238 e. The van der Waals surface area contributed by atoms with Gasteiger partial charge >= 0.3 is 0 Å². The van der Waals surface area contributed by atoms with Gasteiger partial charge in [-0.2, -0.15) is 0 Å². The van der Waals surface area contributed by atoms with E-state index >= 15 is 0 Å². The molecule has 0 saturated heterocycles. The van der Waals surface area contributed by atoms with Gasteiger partial charge in [0, 0.05) is 6.42 Å². The quantitative estimate of drug-likeness (QED) is 0.515. The molecule has 1 amide bonds. The average Bonchev–Trinajstić information content (AvgIpc) is 2.25. The highest BCUT2D eigenvalue weighted by atomic mass is 32.1. The molecule has 0 spiro atoms. The third kappa shape index (κ3) is 4.97. The standard InChI is InChI=1S/C10H13N3OS/c11-10(15)13-12-9(14)7-6-8-4-2-1-3-5-8/h1-5H,6-7H2,(H,12,14)(H3,11,13,15). The van der Waals surface area contributed by atoms with Gasteiger partial charge in [0.2, 0.25) is 5.91 Å². The van der Waals surface area contributed by atoms with Gasteiger partial charge in [0.15, 0.2) is 5.11 Å². The Balaban J connectivity index is 2.26. The Morgan fingerprint density at radius 3 is 2.53 bits per heavy atom. The van der Waals surface area contributed by atoms with Crippen LogP contribution in [0.3, 0.4) is 0 Å². The number of thiocarbonyl (C=S) groups is 1. The van der Waals surface area contributed by atoms with Crippen molar-refractivity contribution in [1.29, 1.82) is 0 Å². The summed E-state index contributed by atoms with van der Waals surface area (Å²) in [5, 5.41) is 0.0584. The van der Waals surface area contributed by atoms with Gasteiger partial charge in [-0.3, -0.25) is 15.6 Å². The summed E-state index contributed by atoms with van der Waals surface area (Å²) in [5.41, 5.74) is 11.1. The van der Waals surface area contributed by atoms with Gasteiger partial charge < -0.3 is 5.73 Å². The highest BCUT2D eigenvalue weighted by Crippen LogP contribution is 2.01. The summed E-state index contributed by atoms with van der Waals surface area (Å²) in [5.74, 6) is -0.133. The van der Waals surface area contributed by atoms with Gasteiger partial charge in [0.05, 0.1) is 0 Å². The van der Waals surface area contributed by atoms with Crippen LogP contribution < -0.4 is 16.6 Å². The molecule has 80 valence electrons. The monoisotopic (exact) mass is 223 g/mol. The summed E-state index contributed by atoms with van der Waals surface area (Å²) < 4.78 is 0. The van der Waals surface area contributed by atoms with E-state index in [1.165, 1.54) is 0 Å². The average molecular weight is 223 g/mol. The second-order valence-corrected chi connectivity index (χ2v) is 3.46. The minimum absolute atomic E-state index is 0.0584. The Hall–Kier alpha value is -1.62. The van der Waals surface area contributed by atoms with E-state index in [4.69, 9.17) is 5.73 Å². The van der Waals surface area contributed by atoms with Crippen molar-refractivity contribution in [3.63, 3.8) is 0 Å². The Kier molecular flexibility index (Phi) is 4.56. The zero-order valence-electron chi connectivity index (χ0n) is 8.19. The maximum Gasteiger partial charge on any atom is 0.238 e. The molecule has 0 unspecified atom stereocenters. The van der Waals surface area contributed by atoms with E-state index in [1.54, 1.807) is 0 Å². The predicted octanol–water partition coefficient (Wildman–Crippen LogP) is 0.484. The van der Waals surface area contributed by atoms with E-state index in [-0.39, 0.29) is 11.0 Å². The molecule has 0 aromatic heterocycles. The van der Waals surface area contributed by atoms with Crippen LogP contribution in [0.25, 0.3) is 0 Å². The fraction of sp³-hybridized carbons (Fsp3) is 0.200. The topological polar surface area (TPSA) is 67.2 Å². The van der Waals surface area contributed by atoms with Crippen molar-refractivity contribution in [2.75, 3.05) is 0 Å². The molecule has 5 heteroatoms. The zero-order valence-corrected chi connectivity index (χ0v) is 9.01. The number of amides is 1. The summed E-state index contributed by atoms with van der Waals surface area (Å²) in [4.78, 5) is 11.2. The van der Waals surface area contributed by atoms with Crippen molar-refractivity contribution < 1.29 is 4.79 Å². The molecule has 1 aromatic carbocycles. The third-order valence-electron chi connectivity index (χ3n) is 1.81. The van der Waals surface area contributed by atoms with Crippen molar-refractivity contribution in [2.24, 2.45) is 5.73 Å².